The number of hydrogen-bond acceptors (Lipinski definition) is 5. The maximum absolute atomic E-state index is 12.0. The Kier molecular flexibility index (Phi) is 5.28. The lowest BCUT2D eigenvalue weighted by molar-refractivity contribution is 0.158. The second-order valence-electron chi connectivity index (χ2n) is 4.58. The Morgan fingerprint density at radius 3 is 2.55 bits per heavy atom. The molecule has 2 aromatic heterocycles. The van der Waals surface area contributed by atoms with Crippen LogP contribution in [0.25, 0.3) is 5.65 Å². The largest absolute Gasteiger partial charge is 0.395 e. The molecular formula is C13H20N4O3. The Balaban J connectivity index is 1.95. The molecule has 0 bridgehead atoms. The molecule has 0 spiro atoms. The molecule has 0 unspecified atom stereocenters. The molecule has 110 valence electrons. The number of rotatable bonds is 8. The highest BCUT2D eigenvalue weighted by atomic mass is 16.3. The Bertz CT molecular complexity index is 587. The van der Waals surface area contributed by atoms with E-state index in [2.05, 4.69) is 5.10 Å². The van der Waals surface area contributed by atoms with Crippen molar-refractivity contribution in [3.8, 4) is 0 Å². The molecule has 0 aromatic carbocycles. The van der Waals surface area contributed by atoms with E-state index in [4.69, 9.17) is 10.2 Å². The van der Waals surface area contributed by atoms with E-state index < -0.39 is 0 Å². The topological polar surface area (TPSA) is 83.0 Å². The minimum atomic E-state index is -0.142. The molecular weight excluding hydrogens is 260 g/mol. The van der Waals surface area contributed by atoms with Gasteiger partial charge in [0.05, 0.1) is 13.2 Å². The Hall–Kier alpha value is -1.70. The van der Waals surface area contributed by atoms with Gasteiger partial charge in [-0.1, -0.05) is 6.07 Å². The SMILES string of the molecule is O=c1n(CCCN(CCO)CCO)nc2ccccn12. The number of nitrogens with zero attached hydrogens (tertiary/aromatic N) is 4. The number of aliphatic hydroxyl groups is 2. The fraction of sp³-hybridized carbons (Fsp3) is 0.538. The van der Waals surface area contributed by atoms with Crippen LogP contribution in [0.2, 0.25) is 0 Å². The normalized spacial score (nSPS) is 11.6. The standard InChI is InChI=1S/C13H20N4O3/c18-10-8-15(9-11-19)5-3-7-17-13(20)16-6-2-1-4-12(16)14-17/h1-2,4,6,18-19H,3,5,7-11H2. The molecule has 20 heavy (non-hydrogen) atoms. The van der Waals surface area contributed by atoms with Crippen LogP contribution < -0.4 is 5.69 Å². The summed E-state index contributed by atoms with van der Waals surface area (Å²) in [5.74, 6) is 0. The van der Waals surface area contributed by atoms with Gasteiger partial charge in [-0.2, -0.15) is 0 Å². The Morgan fingerprint density at radius 2 is 1.90 bits per heavy atom. The first-order valence-corrected chi connectivity index (χ1v) is 6.74. The van der Waals surface area contributed by atoms with Crippen molar-refractivity contribution in [1.29, 1.82) is 0 Å². The zero-order valence-electron chi connectivity index (χ0n) is 11.4. The molecule has 0 radical (unpaired) electrons. The lowest BCUT2D eigenvalue weighted by atomic mass is 10.3. The van der Waals surface area contributed by atoms with Crippen LogP contribution in [0.15, 0.2) is 29.2 Å². The Morgan fingerprint density at radius 1 is 1.15 bits per heavy atom. The van der Waals surface area contributed by atoms with Crippen molar-refractivity contribution in [2.45, 2.75) is 13.0 Å². The van der Waals surface area contributed by atoms with Crippen molar-refractivity contribution >= 4 is 5.65 Å². The third-order valence-corrected chi connectivity index (χ3v) is 3.17. The number of hydrogen-bond donors (Lipinski definition) is 2. The summed E-state index contributed by atoms with van der Waals surface area (Å²) in [6.07, 6.45) is 2.44. The highest BCUT2D eigenvalue weighted by Crippen LogP contribution is 1.97. The van der Waals surface area contributed by atoms with Crippen LogP contribution in [0.4, 0.5) is 0 Å². The molecule has 7 heteroatoms. The monoisotopic (exact) mass is 280 g/mol. The van der Waals surface area contributed by atoms with Crippen LogP contribution in [-0.4, -0.2) is 62.1 Å². The molecule has 0 atom stereocenters. The minimum absolute atomic E-state index is 0.0638. The molecule has 7 nitrogen and oxygen atoms in total. The van der Waals surface area contributed by atoms with E-state index in [0.717, 1.165) is 6.42 Å². The second kappa shape index (κ2) is 7.18. The van der Waals surface area contributed by atoms with Crippen LogP contribution in [-0.2, 0) is 6.54 Å². The third kappa shape index (κ3) is 3.44. The number of fused-ring (bicyclic) bond motifs is 1. The molecule has 2 aromatic rings. The Labute approximate surface area is 116 Å². The van der Waals surface area contributed by atoms with Gasteiger partial charge in [-0.05, 0) is 18.6 Å². The maximum Gasteiger partial charge on any atom is 0.350 e. The van der Waals surface area contributed by atoms with Gasteiger partial charge in [0.2, 0.25) is 0 Å². The van der Waals surface area contributed by atoms with Gasteiger partial charge in [-0.25, -0.2) is 9.48 Å². The molecule has 2 N–H and O–H groups in total. The first-order valence-electron chi connectivity index (χ1n) is 6.74. The summed E-state index contributed by atoms with van der Waals surface area (Å²) in [4.78, 5) is 14.0. The second-order valence-corrected chi connectivity index (χ2v) is 4.58. The number of aryl methyl sites for hydroxylation is 1. The highest BCUT2D eigenvalue weighted by molar-refractivity contribution is 5.35. The summed E-state index contributed by atoms with van der Waals surface area (Å²) < 4.78 is 2.96. The van der Waals surface area contributed by atoms with Gasteiger partial charge in [0.1, 0.15) is 0 Å². The van der Waals surface area contributed by atoms with E-state index >= 15 is 0 Å². The van der Waals surface area contributed by atoms with Gasteiger partial charge in [-0.3, -0.25) is 9.30 Å². The summed E-state index contributed by atoms with van der Waals surface area (Å²) in [5.41, 5.74) is 0.497. The van der Waals surface area contributed by atoms with Crippen molar-refractivity contribution in [2.75, 3.05) is 32.8 Å². The summed E-state index contributed by atoms with van der Waals surface area (Å²) >= 11 is 0. The van der Waals surface area contributed by atoms with Crippen LogP contribution in [0.5, 0.6) is 0 Å². The van der Waals surface area contributed by atoms with Gasteiger partial charge in [-0.15, -0.1) is 5.10 Å². The van der Waals surface area contributed by atoms with Crippen LogP contribution in [0.3, 0.4) is 0 Å². The highest BCUT2D eigenvalue weighted by Gasteiger charge is 2.07. The molecule has 2 heterocycles. The fourth-order valence-corrected chi connectivity index (χ4v) is 2.18. The van der Waals surface area contributed by atoms with Crippen molar-refractivity contribution in [1.82, 2.24) is 19.1 Å². The molecule has 0 fully saturated rings. The van der Waals surface area contributed by atoms with E-state index in [0.29, 0.717) is 31.8 Å². The zero-order chi connectivity index (χ0) is 14.4. The predicted molar refractivity (Wildman–Crippen MR) is 74.7 cm³/mol. The first kappa shape index (κ1) is 14.7. The molecule has 0 saturated heterocycles. The third-order valence-electron chi connectivity index (χ3n) is 3.17. The first-order chi connectivity index (χ1) is 9.76. The van der Waals surface area contributed by atoms with Crippen molar-refractivity contribution < 1.29 is 10.2 Å². The fourth-order valence-electron chi connectivity index (χ4n) is 2.18. The van der Waals surface area contributed by atoms with Crippen molar-refractivity contribution in [3.63, 3.8) is 0 Å². The van der Waals surface area contributed by atoms with E-state index in [1.807, 2.05) is 11.0 Å². The smallest absolute Gasteiger partial charge is 0.350 e. The van der Waals surface area contributed by atoms with E-state index in [-0.39, 0.29) is 18.9 Å². The van der Waals surface area contributed by atoms with Gasteiger partial charge in [0.25, 0.3) is 0 Å². The van der Waals surface area contributed by atoms with Crippen LogP contribution in [0, 0.1) is 0 Å². The van der Waals surface area contributed by atoms with Crippen molar-refractivity contribution in [3.05, 3.63) is 34.9 Å². The minimum Gasteiger partial charge on any atom is -0.395 e. The van der Waals surface area contributed by atoms with Gasteiger partial charge in [0.15, 0.2) is 5.65 Å². The molecule has 0 saturated carbocycles. The number of aromatic nitrogens is 3. The van der Waals surface area contributed by atoms with Crippen LogP contribution >= 0.6 is 0 Å². The predicted octanol–water partition coefficient (Wildman–Crippen LogP) is -0.827. The quantitative estimate of drug-likeness (QED) is 0.659. The average molecular weight is 280 g/mol. The number of aliphatic hydroxyl groups excluding tert-OH is 2. The molecule has 0 aliphatic heterocycles. The summed E-state index contributed by atoms with van der Waals surface area (Å²) in [6, 6.07) is 5.43. The van der Waals surface area contributed by atoms with Gasteiger partial charge >= 0.3 is 5.69 Å². The zero-order valence-corrected chi connectivity index (χ0v) is 11.4. The van der Waals surface area contributed by atoms with E-state index in [1.54, 1.807) is 18.3 Å². The molecule has 0 aliphatic carbocycles. The number of pyridine rings is 1. The summed E-state index contributed by atoms with van der Waals surface area (Å²) in [7, 11) is 0. The molecule has 0 aliphatic rings. The maximum atomic E-state index is 12.0. The van der Waals surface area contributed by atoms with Gasteiger partial charge in [0, 0.05) is 32.4 Å². The average Bonchev–Trinajstić information content (AvgIpc) is 2.77. The molecule has 0 amide bonds. The summed E-state index contributed by atoms with van der Waals surface area (Å²) in [6.45, 7) is 2.42. The molecule has 2 rings (SSSR count). The van der Waals surface area contributed by atoms with Crippen molar-refractivity contribution in [2.24, 2.45) is 0 Å². The lowest BCUT2D eigenvalue weighted by Crippen LogP contribution is -2.32. The van der Waals surface area contributed by atoms with E-state index in [9.17, 15) is 4.79 Å². The van der Waals surface area contributed by atoms with Crippen LogP contribution in [0.1, 0.15) is 6.42 Å². The summed E-state index contributed by atoms with van der Waals surface area (Å²) in [5, 5.41) is 22.1. The lowest BCUT2D eigenvalue weighted by Gasteiger charge is -2.19. The van der Waals surface area contributed by atoms with E-state index in [1.165, 1.54) is 9.08 Å². The van der Waals surface area contributed by atoms with Gasteiger partial charge < -0.3 is 10.2 Å².